The number of aryl methyl sites for hydroxylation is 2. The van der Waals surface area contributed by atoms with Gasteiger partial charge in [0.05, 0.1) is 0 Å². The van der Waals surface area contributed by atoms with E-state index in [4.69, 9.17) is 5.11 Å². The average molecular weight is 263 g/mol. The molecule has 1 N–H and O–H groups in total. The predicted molar refractivity (Wildman–Crippen MR) is 65.4 cm³/mol. The van der Waals surface area contributed by atoms with Crippen molar-refractivity contribution in [3.63, 3.8) is 0 Å². The minimum Gasteiger partial charge on any atom is -0.481 e. The standard InChI is InChI=1S/C11H13N5O3/c1-15-6-4-8(7-9(15)17)11-12-13-14-16(11)5-2-3-10(18)19/h4,6-7H,2-3,5H2,1H3,(H,18,19). The van der Waals surface area contributed by atoms with E-state index in [1.807, 2.05) is 0 Å². The summed E-state index contributed by atoms with van der Waals surface area (Å²) in [6.45, 7) is 0.393. The van der Waals surface area contributed by atoms with Gasteiger partial charge in [-0.15, -0.1) is 5.10 Å². The lowest BCUT2D eigenvalue weighted by molar-refractivity contribution is -0.137. The molecule has 100 valence electrons. The molecule has 0 bridgehead atoms. The lowest BCUT2D eigenvalue weighted by Crippen LogP contribution is -2.15. The number of hydrogen-bond acceptors (Lipinski definition) is 5. The highest BCUT2D eigenvalue weighted by molar-refractivity contribution is 5.66. The third kappa shape index (κ3) is 3.03. The molecule has 2 rings (SSSR count). The Hall–Kier alpha value is -2.51. The maximum absolute atomic E-state index is 11.6. The molecule has 2 aromatic heterocycles. The van der Waals surface area contributed by atoms with Gasteiger partial charge in [0, 0.05) is 37.8 Å². The summed E-state index contributed by atoms with van der Waals surface area (Å²) in [5.74, 6) is -0.397. The third-order valence-electron chi connectivity index (χ3n) is 2.65. The van der Waals surface area contributed by atoms with Crippen molar-refractivity contribution >= 4 is 5.97 Å². The Morgan fingerprint density at radius 2 is 2.26 bits per heavy atom. The number of carboxylic acid groups (broad SMARTS) is 1. The zero-order valence-electron chi connectivity index (χ0n) is 10.4. The fourth-order valence-electron chi connectivity index (χ4n) is 1.63. The van der Waals surface area contributed by atoms with Gasteiger partial charge >= 0.3 is 5.97 Å². The monoisotopic (exact) mass is 263 g/mol. The Kier molecular flexibility index (Phi) is 3.69. The molecule has 0 fully saturated rings. The fraction of sp³-hybridized carbons (Fsp3) is 0.364. The number of tetrazole rings is 1. The van der Waals surface area contributed by atoms with E-state index in [0.717, 1.165) is 0 Å². The van der Waals surface area contributed by atoms with Crippen LogP contribution in [0, 0.1) is 0 Å². The zero-order chi connectivity index (χ0) is 13.8. The molecule has 0 amide bonds. The molecule has 8 nitrogen and oxygen atoms in total. The summed E-state index contributed by atoms with van der Waals surface area (Å²) in [6.07, 6.45) is 2.11. The molecular weight excluding hydrogens is 250 g/mol. The smallest absolute Gasteiger partial charge is 0.303 e. The second-order valence-electron chi connectivity index (χ2n) is 4.09. The number of aliphatic carboxylic acids is 1. The molecule has 2 heterocycles. The molecule has 0 aromatic carbocycles. The molecule has 0 atom stereocenters. The van der Waals surface area contributed by atoms with Crippen LogP contribution >= 0.6 is 0 Å². The normalized spacial score (nSPS) is 10.6. The van der Waals surface area contributed by atoms with Gasteiger partial charge in [0.25, 0.3) is 5.56 Å². The van der Waals surface area contributed by atoms with Crippen LogP contribution < -0.4 is 5.56 Å². The van der Waals surface area contributed by atoms with E-state index < -0.39 is 5.97 Å². The summed E-state index contributed by atoms with van der Waals surface area (Å²) in [5, 5.41) is 19.8. The lowest BCUT2D eigenvalue weighted by atomic mass is 10.2. The van der Waals surface area contributed by atoms with Crippen molar-refractivity contribution in [1.29, 1.82) is 0 Å². The van der Waals surface area contributed by atoms with Crippen molar-refractivity contribution < 1.29 is 9.90 Å². The van der Waals surface area contributed by atoms with Crippen molar-refractivity contribution in [3.8, 4) is 11.4 Å². The third-order valence-corrected chi connectivity index (χ3v) is 2.65. The van der Waals surface area contributed by atoms with Crippen molar-refractivity contribution in [2.24, 2.45) is 7.05 Å². The Morgan fingerprint density at radius 1 is 1.47 bits per heavy atom. The lowest BCUT2D eigenvalue weighted by Gasteiger charge is -2.04. The SMILES string of the molecule is Cn1ccc(-c2nnnn2CCCC(=O)O)cc1=O. The van der Waals surface area contributed by atoms with Crippen molar-refractivity contribution in [2.45, 2.75) is 19.4 Å². The highest BCUT2D eigenvalue weighted by Crippen LogP contribution is 2.13. The van der Waals surface area contributed by atoms with Gasteiger partial charge < -0.3 is 9.67 Å². The predicted octanol–water partition coefficient (Wildman–Crippen LogP) is -0.0964. The van der Waals surface area contributed by atoms with E-state index in [-0.39, 0.29) is 12.0 Å². The first-order chi connectivity index (χ1) is 9.08. The fourth-order valence-corrected chi connectivity index (χ4v) is 1.63. The van der Waals surface area contributed by atoms with Crippen LogP contribution in [0.25, 0.3) is 11.4 Å². The van der Waals surface area contributed by atoms with Crippen molar-refractivity contribution in [3.05, 3.63) is 28.7 Å². The van der Waals surface area contributed by atoms with E-state index in [9.17, 15) is 9.59 Å². The van der Waals surface area contributed by atoms with E-state index in [1.54, 1.807) is 19.3 Å². The summed E-state index contributed by atoms with van der Waals surface area (Å²) in [7, 11) is 1.65. The molecule has 0 saturated heterocycles. The average Bonchev–Trinajstić information content (AvgIpc) is 2.80. The highest BCUT2D eigenvalue weighted by Gasteiger charge is 2.10. The van der Waals surface area contributed by atoms with E-state index in [2.05, 4.69) is 15.5 Å². The second-order valence-corrected chi connectivity index (χ2v) is 4.09. The van der Waals surface area contributed by atoms with Crippen LogP contribution in [-0.4, -0.2) is 35.9 Å². The van der Waals surface area contributed by atoms with Crippen LogP contribution in [0.15, 0.2) is 23.1 Å². The summed E-state index contributed by atoms with van der Waals surface area (Å²) in [6, 6.07) is 3.18. The van der Waals surface area contributed by atoms with Crippen molar-refractivity contribution in [2.75, 3.05) is 0 Å². The van der Waals surface area contributed by atoms with Crippen LogP contribution in [0.1, 0.15) is 12.8 Å². The molecule has 19 heavy (non-hydrogen) atoms. The summed E-state index contributed by atoms with van der Waals surface area (Å²) in [4.78, 5) is 22.0. The van der Waals surface area contributed by atoms with Crippen LogP contribution in [-0.2, 0) is 18.4 Å². The van der Waals surface area contributed by atoms with Gasteiger partial charge in [0.1, 0.15) is 0 Å². The topological polar surface area (TPSA) is 103 Å². The largest absolute Gasteiger partial charge is 0.481 e. The number of aromatic nitrogens is 5. The summed E-state index contributed by atoms with van der Waals surface area (Å²) in [5.41, 5.74) is 0.459. The first-order valence-electron chi connectivity index (χ1n) is 5.73. The first-order valence-corrected chi connectivity index (χ1v) is 5.73. The Bertz CT molecular complexity index is 646. The zero-order valence-corrected chi connectivity index (χ0v) is 10.4. The molecule has 0 saturated carbocycles. The van der Waals surface area contributed by atoms with Crippen LogP contribution in [0.5, 0.6) is 0 Å². The molecule has 0 aliphatic heterocycles. The van der Waals surface area contributed by atoms with E-state index in [0.29, 0.717) is 24.4 Å². The first kappa shape index (κ1) is 12.9. The van der Waals surface area contributed by atoms with Gasteiger partial charge in [-0.25, -0.2) is 4.68 Å². The van der Waals surface area contributed by atoms with Gasteiger partial charge in [-0.3, -0.25) is 9.59 Å². The van der Waals surface area contributed by atoms with Crippen LogP contribution in [0.4, 0.5) is 0 Å². The Morgan fingerprint density at radius 3 is 2.95 bits per heavy atom. The minimum atomic E-state index is -0.858. The molecular formula is C11H13N5O3. The molecule has 0 aliphatic carbocycles. The van der Waals surface area contributed by atoms with E-state index in [1.165, 1.54) is 15.3 Å². The number of nitrogens with zero attached hydrogens (tertiary/aromatic N) is 5. The molecule has 0 spiro atoms. The molecule has 0 radical (unpaired) electrons. The number of carbonyl (C=O) groups is 1. The minimum absolute atomic E-state index is 0.0514. The summed E-state index contributed by atoms with van der Waals surface area (Å²) >= 11 is 0. The summed E-state index contributed by atoms with van der Waals surface area (Å²) < 4.78 is 2.94. The molecule has 0 unspecified atom stereocenters. The van der Waals surface area contributed by atoms with Crippen molar-refractivity contribution in [1.82, 2.24) is 24.8 Å². The maximum Gasteiger partial charge on any atom is 0.303 e. The van der Waals surface area contributed by atoms with Gasteiger partial charge in [-0.2, -0.15) is 0 Å². The quantitative estimate of drug-likeness (QED) is 0.808. The molecule has 2 aromatic rings. The molecule has 8 heteroatoms. The number of rotatable bonds is 5. The van der Waals surface area contributed by atoms with Gasteiger partial charge in [-0.1, -0.05) is 0 Å². The second kappa shape index (κ2) is 5.42. The van der Waals surface area contributed by atoms with Gasteiger partial charge in [-0.05, 0) is 22.9 Å². The van der Waals surface area contributed by atoms with Crippen LogP contribution in [0.3, 0.4) is 0 Å². The van der Waals surface area contributed by atoms with E-state index >= 15 is 0 Å². The highest BCUT2D eigenvalue weighted by atomic mass is 16.4. The Balaban J connectivity index is 2.21. The number of carboxylic acids is 1. The van der Waals surface area contributed by atoms with Gasteiger partial charge in [0.2, 0.25) is 0 Å². The van der Waals surface area contributed by atoms with Crippen LogP contribution in [0.2, 0.25) is 0 Å². The number of hydrogen-bond donors (Lipinski definition) is 1. The molecule has 0 aliphatic rings. The van der Waals surface area contributed by atoms with Gasteiger partial charge in [0.15, 0.2) is 5.82 Å². The Labute approximate surface area is 108 Å². The number of pyridine rings is 1. The maximum atomic E-state index is 11.6.